The molecule has 0 amide bonds. The van der Waals surface area contributed by atoms with Crippen molar-refractivity contribution in [2.75, 3.05) is 26.7 Å². The van der Waals surface area contributed by atoms with Crippen molar-refractivity contribution < 1.29 is 5.11 Å². The molecule has 3 nitrogen and oxygen atoms in total. The molecule has 82 valence electrons. The third-order valence-electron chi connectivity index (χ3n) is 3.75. The smallest absolute Gasteiger partial charge is 0.0695 e. The second kappa shape index (κ2) is 4.17. The molecule has 2 rings (SSSR count). The lowest BCUT2D eigenvalue weighted by Gasteiger charge is -2.42. The third kappa shape index (κ3) is 1.95. The molecule has 0 aromatic heterocycles. The average molecular weight is 198 g/mol. The molecule has 2 fully saturated rings. The number of rotatable bonds is 1. The van der Waals surface area contributed by atoms with Gasteiger partial charge in [-0.3, -0.25) is 4.90 Å². The zero-order chi connectivity index (χ0) is 10.1. The van der Waals surface area contributed by atoms with Crippen LogP contribution in [0.4, 0.5) is 0 Å². The molecule has 0 bridgehead atoms. The Labute approximate surface area is 86.7 Å². The van der Waals surface area contributed by atoms with E-state index in [-0.39, 0.29) is 6.10 Å². The van der Waals surface area contributed by atoms with Gasteiger partial charge in [0.1, 0.15) is 0 Å². The van der Waals surface area contributed by atoms with Gasteiger partial charge in [0.05, 0.1) is 6.10 Å². The summed E-state index contributed by atoms with van der Waals surface area (Å²) in [5, 5.41) is 9.87. The van der Waals surface area contributed by atoms with Crippen LogP contribution in [0.1, 0.15) is 26.2 Å². The van der Waals surface area contributed by atoms with Crippen LogP contribution in [0.3, 0.4) is 0 Å². The summed E-state index contributed by atoms with van der Waals surface area (Å²) in [5.41, 5.74) is 0. The molecule has 1 aliphatic heterocycles. The van der Waals surface area contributed by atoms with Gasteiger partial charge in [0.25, 0.3) is 0 Å². The van der Waals surface area contributed by atoms with Crippen LogP contribution in [0, 0.1) is 0 Å². The van der Waals surface area contributed by atoms with E-state index in [0.29, 0.717) is 12.1 Å². The Morgan fingerprint density at radius 3 is 2.57 bits per heavy atom. The summed E-state index contributed by atoms with van der Waals surface area (Å²) in [4.78, 5) is 4.89. The maximum atomic E-state index is 9.87. The summed E-state index contributed by atoms with van der Waals surface area (Å²) in [7, 11) is 2.18. The van der Waals surface area contributed by atoms with Gasteiger partial charge in [0.15, 0.2) is 0 Å². The highest BCUT2D eigenvalue weighted by atomic mass is 16.3. The first-order chi connectivity index (χ1) is 6.68. The van der Waals surface area contributed by atoms with E-state index < -0.39 is 0 Å². The number of nitrogens with zero attached hydrogens (tertiary/aromatic N) is 2. The zero-order valence-corrected chi connectivity index (χ0v) is 9.32. The zero-order valence-electron chi connectivity index (χ0n) is 9.32. The lowest BCUT2D eigenvalue weighted by atomic mass is 10.1. The van der Waals surface area contributed by atoms with Gasteiger partial charge < -0.3 is 10.0 Å². The molecule has 3 heteroatoms. The first-order valence-corrected chi connectivity index (χ1v) is 5.81. The van der Waals surface area contributed by atoms with Gasteiger partial charge in [-0.05, 0) is 33.2 Å². The van der Waals surface area contributed by atoms with Crippen molar-refractivity contribution in [3.8, 4) is 0 Å². The fraction of sp³-hybridized carbons (Fsp3) is 1.00. The predicted molar refractivity (Wildman–Crippen MR) is 57.3 cm³/mol. The minimum atomic E-state index is -0.0687. The van der Waals surface area contributed by atoms with Gasteiger partial charge in [0.2, 0.25) is 0 Å². The van der Waals surface area contributed by atoms with E-state index in [0.717, 1.165) is 26.1 Å². The Kier molecular flexibility index (Phi) is 3.10. The highest BCUT2D eigenvalue weighted by molar-refractivity contribution is 4.90. The lowest BCUT2D eigenvalue weighted by molar-refractivity contribution is 0.0100. The normalized spacial score (nSPS) is 41.8. The molecule has 3 atom stereocenters. The van der Waals surface area contributed by atoms with Crippen molar-refractivity contribution in [2.24, 2.45) is 0 Å². The molecule has 1 unspecified atom stereocenters. The number of aliphatic hydroxyl groups excluding tert-OH is 1. The van der Waals surface area contributed by atoms with Crippen LogP contribution in [-0.4, -0.2) is 59.8 Å². The van der Waals surface area contributed by atoms with Gasteiger partial charge in [0, 0.05) is 31.7 Å². The second-order valence-electron chi connectivity index (χ2n) is 4.91. The summed E-state index contributed by atoms with van der Waals surface area (Å²) in [6.07, 6.45) is 3.32. The number of likely N-dealkylation sites (N-methyl/N-ethyl adjacent to an activating group) is 1. The highest BCUT2D eigenvalue weighted by Crippen LogP contribution is 2.26. The van der Waals surface area contributed by atoms with Crippen molar-refractivity contribution in [2.45, 2.75) is 44.4 Å². The fourth-order valence-corrected chi connectivity index (χ4v) is 2.95. The molecule has 0 aromatic carbocycles. The maximum Gasteiger partial charge on any atom is 0.0695 e. The molecular formula is C11H22N2O. The van der Waals surface area contributed by atoms with E-state index in [1.807, 2.05) is 0 Å². The minimum absolute atomic E-state index is 0.0687. The standard InChI is InChI=1S/C11H22N2O/c1-9-8-12(2)6-7-13(9)10-4-3-5-11(10)14/h9-11,14H,3-8H2,1-2H3/t9?,10-,11-/m1/s1. The van der Waals surface area contributed by atoms with Crippen molar-refractivity contribution in [3.63, 3.8) is 0 Å². The Morgan fingerprint density at radius 2 is 2.00 bits per heavy atom. The highest BCUT2D eigenvalue weighted by Gasteiger charge is 2.34. The van der Waals surface area contributed by atoms with Crippen LogP contribution < -0.4 is 0 Å². The summed E-state index contributed by atoms with van der Waals surface area (Å²) < 4.78 is 0. The fourth-order valence-electron chi connectivity index (χ4n) is 2.95. The molecule has 2 aliphatic rings. The van der Waals surface area contributed by atoms with Gasteiger partial charge in [-0.1, -0.05) is 0 Å². The van der Waals surface area contributed by atoms with E-state index in [1.165, 1.54) is 12.8 Å². The molecule has 0 spiro atoms. The molecule has 0 aromatic rings. The lowest BCUT2D eigenvalue weighted by Crippen LogP contribution is -2.56. The van der Waals surface area contributed by atoms with Gasteiger partial charge in [-0.25, -0.2) is 0 Å². The predicted octanol–water partition coefficient (Wildman–Crippen LogP) is 0.536. The van der Waals surface area contributed by atoms with Crippen molar-refractivity contribution in [1.82, 2.24) is 9.80 Å². The Morgan fingerprint density at radius 1 is 1.21 bits per heavy atom. The summed E-state index contributed by atoms with van der Waals surface area (Å²) in [6.45, 7) is 5.69. The quantitative estimate of drug-likeness (QED) is 0.666. The summed E-state index contributed by atoms with van der Waals surface area (Å²) in [5.74, 6) is 0. The van der Waals surface area contributed by atoms with Gasteiger partial charge in [-0.15, -0.1) is 0 Å². The number of hydrogen-bond acceptors (Lipinski definition) is 3. The first-order valence-electron chi connectivity index (χ1n) is 5.81. The monoisotopic (exact) mass is 198 g/mol. The minimum Gasteiger partial charge on any atom is -0.391 e. The molecule has 1 N–H and O–H groups in total. The van der Waals surface area contributed by atoms with E-state index in [1.54, 1.807) is 0 Å². The largest absolute Gasteiger partial charge is 0.391 e. The number of piperazine rings is 1. The van der Waals surface area contributed by atoms with Crippen LogP contribution in [-0.2, 0) is 0 Å². The maximum absolute atomic E-state index is 9.87. The Balaban J connectivity index is 1.96. The van der Waals surface area contributed by atoms with E-state index in [9.17, 15) is 5.11 Å². The molecule has 1 saturated carbocycles. The summed E-state index contributed by atoms with van der Waals surface area (Å²) >= 11 is 0. The molecule has 1 heterocycles. The van der Waals surface area contributed by atoms with Crippen LogP contribution in [0.5, 0.6) is 0 Å². The van der Waals surface area contributed by atoms with Crippen molar-refractivity contribution in [1.29, 1.82) is 0 Å². The van der Waals surface area contributed by atoms with E-state index in [2.05, 4.69) is 23.8 Å². The first kappa shape index (κ1) is 10.4. The van der Waals surface area contributed by atoms with Crippen molar-refractivity contribution >= 4 is 0 Å². The molecule has 0 radical (unpaired) electrons. The number of hydrogen-bond donors (Lipinski definition) is 1. The third-order valence-corrected chi connectivity index (χ3v) is 3.75. The molecule has 1 saturated heterocycles. The molecule has 14 heavy (non-hydrogen) atoms. The summed E-state index contributed by atoms with van der Waals surface area (Å²) in [6, 6.07) is 1.05. The van der Waals surface area contributed by atoms with Crippen LogP contribution in [0.2, 0.25) is 0 Å². The van der Waals surface area contributed by atoms with E-state index >= 15 is 0 Å². The van der Waals surface area contributed by atoms with Crippen LogP contribution in [0.25, 0.3) is 0 Å². The van der Waals surface area contributed by atoms with Gasteiger partial charge in [-0.2, -0.15) is 0 Å². The number of aliphatic hydroxyl groups is 1. The SMILES string of the molecule is CC1CN(C)CCN1[C@@H]1CCC[C@H]1O. The van der Waals surface area contributed by atoms with Crippen LogP contribution in [0.15, 0.2) is 0 Å². The Bertz CT molecular complexity index is 198. The Hall–Kier alpha value is -0.120. The second-order valence-corrected chi connectivity index (χ2v) is 4.91. The van der Waals surface area contributed by atoms with Crippen molar-refractivity contribution in [3.05, 3.63) is 0 Å². The van der Waals surface area contributed by atoms with Crippen LogP contribution >= 0.6 is 0 Å². The molecular weight excluding hydrogens is 176 g/mol. The average Bonchev–Trinajstić information content (AvgIpc) is 2.52. The molecule has 1 aliphatic carbocycles. The van der Waals surface area contributed by atoms with Gasteiger partial charge >= 0.3 is 0 Å². The topological polar surface area (TPSA) is 26.7 Å². The van der Waals surface area contributed by atoms with E-state index in [4.69, 9.17) is 0 Å².